The monoisotopic (exact) mass is 213 g/mol. The van der Waals surface area contributed by atoms with Crippen molar-refractivity contribution in [3.8, 4) is 0 Å². The molecule has 2 atom stereocenters. The fourth-order valence-electron chi connectivity index (χ4n) is 2.02. The highest BCUT2D eigenvalue weighted by atomic mass is 16.3. The van der Waals surface area contributed by atoms with Crippen molar-refractivity contribution < 1.29 is 14.7 Å². The predicted molar refractivity (Wildman–Crippen MR) is 56.0 cm³/mol. The van der Waals surface area contributed by atoms with Crippen molar-refractivity contribution in [3.05, 3.63) is 0 Å². The molecule has 0 bridgehead atoms. The van der Waals surface area contributed by atoms with Crippen LogP contribution in [0.5, 0.6) is 0 Å². The Labute approximate surface area is 90.3 Å². The predicted octanol–water partition coefficient (Wildman–Crippen LogP) is 0.931. The molecule has 2 amide bonds. The molecule has 1 N–H and O–H groups in total. The second-order valence-corrected chi connectivity index (χ2v) is 5.06. The molecular weight excluding hydrogens is 194 g/mol. The lowest BCUT2D eigenvalue weighted by molar-refractivity contribution is -0.143. The van der Waals surface area contributed by atoms with Crippen molar-refractivity contribution in [3.63, 3.8) is 0 Å². The highest BCUT2D eigenvalue weighted by molar-refractivity contribution is 6.05. The van der Waals surface area contributed by atoms with Crippen LogP contribution in [0.25, 0.3) is 0 Å². The molecule has 1 heterocycles. The van der Waals surface area contributed by atoms with Crippen LogP contribution in [0, 0.1) is 5.41 Å². The van der Waals surface area contributed by atoms with E-state index in [2.05, 4.69) is 0 Å². The number of imide groups is 1. The molecule has 1 rings (SSSR count). The minimum Gasteiger partial charge on any atom is -0.393 e. The van der Waals surface area contributed by atoms with Gasteiger partial charge in [-0.3, -0.25) is 14.5 Å². The summed E-state index contributed by atoms with van der Waals surface area (Å²) >= 11 is 0. The quantitative estimate of drug-likeness (QED) is 0.709. The van der Waals surface area contributed by atoms with Crippen LogP contribution in [0.2, 0.25) is 0 Å². The Balaban J connectivity index is 2.78. The summed E-state index contributed by atoms with van der Waals surface area (Å²) in [5.41, 5.74) is -0.579. The number of likely N-dealkylation sites (tertiary alicyclic amines) is 1. The Hall–Kier alpha value is -0.900. The van der Waals surface area contributed by atoms with Gasteiger partial charge in [0, 0.05) is 12.5 Å². The van der Waals surface area contributed by atoms with Gasteiger partial charge in [0.1, 0.15) is 0 Å². The van der Waals surface area contributed by atoms with Gasteiger partial charge >= 0.3 is 0 Å². The Morgan fingerprint density at radius 3 is 2.27 bits per heavy atom. The summed E-state index contributed by atoms with van der Waals surface area (Å²) in [7, 11) is 0. The zero-order valence-corrected chi connectivity index (χ0v) is 9.78. The van der Waals surface area contributed by atoms with Gasteiger partial charge in [0.2, 0.25) is 11.8 Å². The van der Waals surface area contributed by atoms with Gasteiger partial charge in [-0.15, -0.1) is 0 Å². The first-order chi connectivity index (χ1) is 6.75. The Morgan fingerprint density at radius 2 is 1.93 bits per heavy atom. The number of aliphatic hydroxyl groups excluding tert-OH is 1. The summed E-state index contributed by atoms with van der Waals surface area (Å²) in [5, 5.41) is 9.24. The lowest BCUT2D eigenvalue weighted by atomic mass is 9.92. The van der Waals surface area contributed by atoms with E-state index in [0.29, 0.717) is 6.42 Å². The van der Waals surface area contributed by atoms with E-state index in [1.54, 1.807) is 27.7 Å². The van der Waals surface area contributed by atoms with E-state index >= 15 is 0 Å². The molecular formula is C11H19NO3. The number of aliphatic hydroxyl groups is 1. The molecule has 0 aromatic heterocycles. The van der Waals surface area contributed by atoms with E-state index in [9.17, 15) is 14.7 Å². The van der Waals surface area contributed by atoms with E-state index in [1.165, 1.54) is 4.90 Å². The zero-order chi connectivity index (χ0) is 11.8. The van der Waals surface area contributed by atoms with Crippen LogP contribution in [0.4, 0.5) is 0 Å². The maximum Gasteiger partial charge on any atom is 0.235 e. The zero-order valence-electron chi connectivity index (χ0n) is 9.78. The Morgan fingerprint density at radius 1 is 1.40 bits per heavy atom. The lowest BCUT2D eigenvalue weighted by Gasteiger charge is -2.25. The van der Waals surface area contributed by atoms with Crippen molar-refractivity contribution in [2.75, 3.05) is 0 Å². The number of carbonyl (C=O) groups is 2. The van der Waals surface area contributed by atoms with Gasteiger partial charge in [-0.1, -0.05) is 13.8 Å². The van der Waals surface area contributed by atoms with Gasteiger partial charge in [0.15, 0.2) is 0 Å². The highest BCUT2D eigenvalue weighted by Gasteiger charge is 2.46. The van der Waals surface area contributed by atoms with E-state index < -0.39 is 11.5 Å². The summed E-state index contributed by atoms with van der Waals surface area (Å²) in [4.78, 5) is 24.8. The third-order valence-electron chi connectivity index (χ3n) is 2.78. The first-order valence-electron chi connectivity index (χ1n) is 5.30. The molecule has 15 heavy (non-hydrogen) atoms. The molecule has 2 unspecified atom stereocenters. The second kappa shape index (κ2) is 3.93. The third kappa shape index (κ3) is 2.37. The standard InChI is InChI=1S/C11H19NO3/c1-7(5-8(2)13)12-9(14)6-11(3,4)10(12)15/h7-8,13H,5-6H2,1-4H3. The molecule has 1 fully saturated rings. The molecule has 0 saturated carbocycles. The molecule has 1 aliphatic rings. The van der Waals surface area contributed by atoms with Gasteiger partial charge < -0.3 is 5.11 Å². The molecule has 0 radical (unpaired) electrons. The third-order valence-corrected chi connectivity index (χ3v) is 2.78. The molecule has 4 heteroatoms. The van der Waals surface area contributed by atoms with Gasteiger partial charge in [-0.2, -0.15) is 0 Å². The van der Waals surface area contributed by atoms with Gasteiger partial charge in [-0.05, 0) is 20.3 Å². The van der Waals surface area contributed by atoms with Crippen molar-refractivity contribution in [1.29, 1.82) is 0 Å². The van der Waals surface area contributed by atoms with Crippen LogP contribution in [0.15, 0.2) is 0 Å². The summed E-state index contributed by atoms with van der Waals surface area (Å²) < 4.78 is 0. The number of rotatable bonds is 3. The average Bonchev–Trinajstić information content (AvgIpc) is 2.19. The number of hydrogen-bond donors (Lipinski definition) is 1. The fraction of sp³-hybridized carbons (Fsp3) is 0.818. The lowest BCUT2D eigenvalue weighted by Crippen LogP contribution is -2.41. The van der Waals surface area contributed by atoms with Crippen molar-refractivity contribution in [2.45, 2.75) is 52.7 Å². The first kappa shape index (κ1) is 12.2. The van der Waals surface area contributed by atoms with Crippen LogP contribution in [0.1, 0.15) is 40.5 Å². The number of nitrogens with zero attached hydrogens (tertiary/aromatic N) is 1. The minimum atomic E-state index is -0.579. The van der Waals surface area contributed by atoms with Crippen molar-refractivity contribution in [1.82, 2.24) is 4.90 Å². The summed E-state index contributed by atoms with van der Waals surface area (Å²) in [6.45, 7) is 7.02. The van der Waals surface area contributed by atoms with Gasteiger partial charge in [-0.25, -0.2) is 0 Å². The highest BCUT2D eigenvalue weighted by Crippen LogP contribution is 2.33. The maximum absolute atomic E-state index is 11.9. The molecule has 0 spiro atoms. The Kier molecular flexibility index (Phi) is 3.19. The molecule has 0 aliphatic carbocycles. The van der Waals surface area contributed by atoms with Crippen LogP contribution < -0.4 is 0 Å². The van der Waals surface area contributed by atoms with E-state index in [1.807, 2.05) is 0 Å². The van der Waals surface area contributed by atoms with E-state index in [-0.39, 0.29) is 24.3 Å². The average molecular weight is 213 g/mol. The van der Waals surface area contributed by atoms with Crippen molar-refractivity contribution >= 4 is 11.8 Å². The number of hydrogen-bond acceptors (Lipinski definition) is 3. The fourth-order valence-corrected chi connectivity index (χ4v) is 2.02. The SMILES string of the molecule is CC(O)CC(C)N1C(=O)CC(C)(C)C1=O. The summed E-state index contributed by atoms with van der Waals surface area (Å²) in [6.07, 6.45) is 0.216. The van der Waals surface area contributed by atoms with E-state index in [4.69, 9.17) is 0 Å². The number of carbonyl (C=O) groups excluding carboxylic acids is 2. The second-order valence-electron chi connectivity index (χ2n) is 5.06. The van der Waals surface area contributed by atoms with Crippen LogP contribution >= 0.6 is 0 Å². The van der Waals surface area contributed by atoms with Crippen LogP contribution in [-0.4, -0.2) is 34.0 Å². The molecule has 86 valence electrons. The largest absolute Gasteiger partial charge is 0.393 e. The number of amides is 2. The van der Waals surface area contributed by atoms with Crippen LogP contribution in [-0.2, 0) is 9.59 Å². The normalized spacial score (nSPS) is 24.5. The van der Waals surface area contributed by atoms with Gasteiger partial charge in [0.25, 0.3) is 0 Å². The summed E-state index contributed by atoms with van der Waals surface area (Å²) in [5.74, 6) is -0.251. The summed E-state index contributed by atoms with van der Waals surface area (Å²) in [6, 6.07) is -0.216. The molecule has 1 saturated heterocycles. The minimum absolute atomic E-state index is 0.124. The maximum atomic E-state index is 11.9. The molecule has 4 nitrogen and oxygen atoms in total. The molecule has 0 aromatic carbocycles. The topological polar surface area (TPSA) is 57.6 Å². The first-order valence-corrected chi connectivity index (χ1v) is 5.30. The van der Waals surface area contributed by atoms with Crippen molar-refractivity contribution in [2.24, 2.45) is 5.41 Å². The molecule has 0 aromatic rings. The van der Waals surface area contributed by atoms with Crippen LogP contribution in [0.3, 0.4) is 0 Å². The smallest absolute Gasteiger partial charge is 0.235 e. The van der Waals surface area contributed by atoms with E-state index in [0.717, 1.165) is 0 Å². The van der Waals surface area contributed by atoms with Gasteiger partial charge in [0.05, 0.1) is 11.5 Å². The Bertz CT molecular complexity index is 284. The molecule has 1 aliphatic heterocycles.